The zero-order valence-electron chi connectivity index (χ0n) is 14.0. The van der Waals surface area contributed by atoms with Gasteiger partial charge in [-0.3, -0.25) is 5.32 Å². The first-order valence-corrected chi connectivity index (χ1v) is 8.46. The number of ether oxygens (including phenoxy) is 1. The minimum Gasteiger partial charge on any atom is -0.425 e. The Balaban J connectivity index is 1.78. The summed E-state index contributed by atoms with van der Waals surface area (Å²) >= 11 is 0. The molecule has 0 saturated heterocycles. The van der Waals surface area contributed by atoms with Crippen LogP contribution in [0.1, 0.15) is 30.8 Å². The molecule has 0 radical (unpaired) electrons. The molecule has 25 heavy (non-hydrogen) atoms. The molecule has 1 aliphatic rings. The number of aromatic nitrogens is 2. The number of aryl methyl sites for hydroxylation is 1. The minimum atomic E-state index is -0.634. The van der Waals surface area contributed by atoms with E-state index in [0.29, 0.717) is 23.8 Å². The van der Waals surface area contributed by atoms with Gasteiger partial charge in [-0.15, -0.1) is 0 Å². The lowest BCUT2D eigenvalue weighted by molar-refractivity contribution is -0.136. The maximum Gasteiger partial charge on any atom is 0.336 e. The van der Waals surface area contributed by atoms with Crippen molar-refractivity contribution in [1.29, 1.82) is 0 Å². The molecule has 6 nitrogen and oxygen atoms in total. The molecule has 1 aliphatic heterocycles. The number of anilines is 1. The number of esters is 1. The average molecular weight is 336 g/mol. The number of hydrogen-bond acceptors (Lipinski definition) is 5. The zero-order valence-corrected chi connectivity index (χ0v) is 14.0. The molecule has 1 aromatic heterocycles. The van der Waals surface area contributed by atoms with Crippen LogP contribution in [0.3, 0.4) is 0 Å². The largest absolute Gasteiger partial charge is 0.425 e. The van der Waals surface area contributed by atoms with Crippen molar-refractivity contribution in [1.82, 2.24) is 14.9 Å². The number of rotatable bonds is 3. The van der Waals surface area contributed by atoms with Crippen LogP contribution in [0.4, 0.5) is 5.69 Å². The Hall–Kier alpha value is -2.86. The highest BCUT2D eigenvalue weighted by Crippen LogP contribution is 2.30. The molecule has 0 bridgehead atoms. The molecule has 128 valence electrons. The van der Waals surface area contributed by atoms with E-state index in [1.165, 1.54) is 0 Å². The van der Waals surface area contributed by atoms with Gasteiger partial charge in [0.05, 0.1) is 11.0 Å². The van der Waals surface area contributed by atoms with E-state index >= 15 is 0 Å². The van der Waals surface area contributed by atoms with Crippen LogP contribution >= 0.6 is 0 Å². The van der Waals surface area contributed by atoms with Gasteiger partial charge in [-0.05, 0) is 30.7 Å². The van der Waals surface area contributed by atoms with Crippen molar-refractivity contribution in [2.45, 2.75) is 32.5 Å². The maximum atomic E-state index is 12.7. The highest BCUT2D eigenvalue weighted by Gasteiger charge is 2.31. The number of benzene rings is 2. The normalized spacial score (nSPS) is 17.2. The summed E-state index contributed by atoms with van der Waals surface area (Å²) in [5.74, 6) is 0.828. The van der Waals surface area contributed by atoms with Crippen LogP contribution in [0.2, 0.25) is 0 Å². The lowest BCUT2D eigenvalue weighted by Gasteiger charge is -2.15. The van der Waals surface area contributed by atoms with Crippen LogP contribution in [-0.4, -0.2) is 15.5 Å². The van der Waals surface area contributed by atoms with Crippen molar-refractivity contribution in [2.75, 3.05) is 5.73 Å². The molecule has 1 atom stereocenters. The van der Waals surface area contributed by atoms with Crippen molar-refractivity contribution in [3.8, 4) is 5.75 Å². The Kier molecular flexibility index (Phi) is 3.89. The van der Waals surface area contributed by atoms with Gasteiger partial charge in [-0.1, -0.05) is 25.1 Å². The quantitative estimate of drug-likeness (QED) is 0.437. The topological polar surface area (TPSA) is 82.2 Å². The summed E-state index contributed by atoms with van der Waals surface area (Å²) < 4.78 is 7.69. The summed E-state index contributed by atoms with van der Waals surface area (Å²) in [5, 5.41) is 3.27. The molecule has 6 heteroatoms. The number of carbonyl (C=O) groups is 1. The summed E-state index contributed by atoms with van der Waals surface area (Å²) in [4.78, 5) is 17.4. The van der Waals surface area contributed by atoms with E-state index in [9.17, 15) is 4.79 Å². The zero-order chi connectivity index (χ0) is 17.4. The smallest absolute Gasteiger partial charge is 0.336 e. The average Bonchev–Trinajstić information content (AvgIpc) is 2.86. The number of hydrogen-bond donors (Lipinski definition) is 2. The van der Waals surface area contributed by atoms with Gasteiger partial charge in [0.15, 0.2) is 6.04 Å². The summed E-state index contributed by atoms with van der Waals surface area (Å²) in [6.07, 6.45) is 0.947. The second-order valence-corrected chi connectivity index (χ2v) is 6.17. The first-order valence-electron chi connectivity index (χ1n) is 8.46. The Morgan fingerprint density at radius 3 is 2.96 bits per heavy atom. The van der Waals surface area contributed by atoms with Gasteiger partial charge in [0.1, 0.15) is 11.6 Å². The maximum absolute atomic E-state index is 12.7. The number of fused-ring (bicyclic) bond motifs is 2. The Bertz CT molecular complexity index is 948. The molecule has 3 aromatic rings. The van der Waals surface area contributed by atoms with Gasteiger partial charge in [0, 0.05) is 24.3 Å². The first kappa shape index (κ1) is 15.7. The van der Waals surface area contributed by atoms with Gasteiger partial charge in [0.2, 0.25) is 0 Å². The second kappa shape index (κ2) is 6.22. The van der Waals surface area contributed by atoms with Crippen LogP contribution in [0, 0.1) is 0 Å². The molecular formula is C19H20N4O2. The number of imidazole rings is 1. The van der Waals surface area contributed by atoms with Crippen molar-refractivity contribution in [2.24, 2.45) is 0 Å². The Morgan fingerprint density at radius 1 is 1.28 bits per heavy atom. The lowest BCUT2D eigenvalue weighted by Crippen LogP contribution is -2.31. The third kappa shape index (κ3) is 2.64. The van der Waals surface area contributed by atoms with E-state index < -0.39 is 6.04 Å². The van der Waals surface area contributed by atoms with Crippen molar-refractivity contribution < 1.29 is 9.53 Å². The van der Waals surface area contributed by atoms with Crippen molar-refractivity contribution in [3.05, 3.63) is 53.9 Å². The SMILES string of the molecule is CCCn1c(C2NCc3c(N)cccc3OC2=O)nc2ccccc21. The van der Waals surface area contributed by atoms with Gasteiger partial charge >= 0.3 is 5.97 Å². The third-order valence-electron chi connectivity index (χ3n) is 4.49. The Labute approximate surface area is 145 Å². The van der Waals surface area contributed by atoms with Crippen LogP contribution in [0.5, 0.6) is 5.75 Å². The molecule has 0 amide bonds. The molecule has 2 aromatic carbocycles. The predicted molar refractivity (Wildman–Crippen MR) is 96.1 cm³/mol. The van der Waals surface area contributed by atoms with E-state index in [1.54, 1.807) is 18.2 Å². The van der Waals surface area contributed by atoms with E-state index in [4.69, 9.17) is 15.5 Å². The minimum absolute atomic E-state index is 0.364. The highest BCUT2D eigenvalue weighted by molar-refractivity contribution is 5.83. The molecule has 4 rings (SSSR count). The fraction of sp³-hybridized carbons (Fsp3) is 0.263. The molecular weight excluding hydrogens is 316 g/mol. The van der Waals surface area contributed by atoms with Crippen molar-refractivity contribution in [3.63, 3.8) is 0 Å². The molecule has 0 fully saturated rings. The van der Waals surface area contributed by atoms with E-state index in [1.807, 2.05) is 24.3 Å². The summed E-state index contributed by atoms with van der Waals surface area (Å²) in [5.41, 5.74) is 9.34. The summed E-state index contributed by atoms with van der Waals surface area (Å²) in [7, 11) is 0. The van der Waals surface area contributed by atoms with Crippen LogP contribution < -0.4 is 15.8 Å². The van der Waals surface area contributed by atoms with E-state index in [-0.39, 0.29) is 5.97 Å². The van der Waals surface area contributed by atoms with Crippen molar-refractivity contribution >= 4 is 22.7 Å². The summed E-state index contributed by atoms with van der Waals surface area (Å²) in [6.45, 7) is 3.35. The second-order valence-electron chi connectivity index (χ2n) is 6.17. The molecule has 2 heterocycles. The van der Waals surface area contributed by atoms with Crippen LogP contribution in [0.15, 0.2) is 42.5 Å². The third-order valence-corrected chi connectivity index (χ3v) is 4.49. The Morgan fingerprint density at radius 2 is 2.12 bits per heavy atom. The lowest BCUT2D eigenvalue weighted by atomic mass is 10.1. The molecule has 0 saturated carbocycles. The molecule has 0 spiro atoms. The van der Waals surface area contributed by atoms with Gasteiger partial charge in [-0.2, -0.15) is 0 Å². The van der Waals surface area contributed by atoms with Gasteiger partial charge in [0.25, 0.3) is 0 Å². The van der Waals surface area contributed by atoms with Crippen LogP contribution in [-0.2, 0) is 17.9 Å². The number of nitrogens with two attached hydrogens (primary N) is 1. The number of nitrogens with one attached hydrogen (secondary N) is 1. The molecule has 0 aliphatic carbocycles. The summed E-state index contributed by atoms with van der Waals surface area (Å²) in [6, 6.07) is 12.6. The van der Waals surface area contributed by atoms with E-state index in [2.05, 4.69) is 16.8 Å². The number of para-hydroxylation sites is 2. The monoisotopic (exact) mass is 336 g/mol. The van der Waals surface area contributed by atoms with E-state index in [0.717, 1.165) is 29.6 Å². The number of nitrogen functional groups attached to an aromatic ring is 1. The molecule has 1 unspecified atom stereocenters. The standard InChI is InChI=1S/C19H20N4O2/c1-2-10-23-15-8-4-3-7-14(15)22-18(23)17-19(24)25-16-9-5-6-13(20)12(16)11-21-17/h3-9,17,21H,2,10-11,20H2,1H3. The first-order chi connectivity index (χ1) is 12.2. The number of nitrogens with zero attached hydrogens (tertiary/aromatic N) is 2. The fourth-order valence-electron chi connectivity index (χ4n) is 3.29. The molecule has 3 N–H and O–H groups in total. The number of carbonyl (C=O) groups excluding carboxylic acids is 1. The predicted octanol–water partition coefficient (Wildman–Crippen LogP) is 2.78. The van der Waals surface area contributed by atoms with Gasteiger partial charge < -0.3 is 15.0 Å². The van der Waals surface area contributed by atoms with Crippen LogP contribution in [0.25, 0.3) is 11.0 Å². The van der Waals surface area contributed by atoms with Gasteiger partial charge in [-0.25, -0.2) is 9.78 Å². The highest BCUT2D eigenvalue weighted by atomic mass is 16.5. The fourth-order valence-corrected chi connectivity index (χ4v) is 3.29.